The summed E-state index contributed by atoms with van der Waals surface area (Å²) in [7, 11) is 0. The molecule has 2 heterocycles. The summed E-state index contributed by atoms with van der Waals surface area (Å²) < 4.78 is 5.40. The van der Waals surface area contributed by atoms with Crippen molar-refractivity contribution in [1.82, 2.24) is 15.1 Å². The number of benzene rings is 1. The van der Waals surface area contributed by atoms with Crippen molar-refractivity contribution in [3.8, 4) is 5.75 Å². The predicted molar refractivity (Wildman–Crippen MR) is 108 cm³/mol. The van der Waals surface area contributed by atoms with E-state index in [1.54, 1.807) is 0 Å². The fraction of sp³-hybridized carbons (Fsp3) is 0.579. The molecule has 0 aromatic heterocycles. The molecular formula is C19H29ClN4O3. The molecule has 2 aliphatic rings. The van der Waals surface area contributed by atoms with E-state index in [2.05, 4.69) is 15.5 Å². The van der Waals surface area contributed by atoms with Crippen molar-refractivity contribution in [1.29, 1.82) is 0 Å². The highest BCUT2D eigenvalue weighted by atomic mass is 35.5. The van der Waals surface area contributed by atoms with Gasteiger partial charge in [0, 0.05) is 31.9 Å². The highest BCUT2D eigenvalue weighted by molar-refractivity contribution is 5.92. The van der Waals surface area contributed by atoms with Crippen molar-refractivity contribution in [2.45, 2.75) is 25.8 Å². The Hall–Kier alpha value is -1.83. The van der Waals surface area contributed by atoms with E-state index in [9.17, 15) is 9.59 Å². The Labute approximate surface area is 166 Å². The van der Waals surface area contributed by atoms with Crippen LogP contribution in [0, 0.1) is 0 Å². The van der Waals surface area contributed by atoms with Crippen LogP contribution in [0.3, 0.4) is 0 Å². The van der Waals surface area contributed by atoms with Gasteiger partial charge in [-0.2, -0.15) is 0 Å². The number of carbonyl (C=O) groups excluding carboxylic acids is 2. The maximum Gasteiger partial charge on any atom is 0.239 e. The smallest absolute Gasteiger partial charge is 0.239 e. The van der Waals surface area contributed by atoms with E-state index in [4.69, 9.17) is 4.74 Å². The maximum absolute atomic E-state index is 12.4. The van der Waals surface area contributed by atoms with Gasteiger partial charge in [-0.1, -0.05) is 0 Å². The second-order valence-corrected chi connectivity index (χ2v) is 6.76. The molecule has 27 heavy (non-hydrogen) atoms. The molecule has 150 valence electrons. The van der Waals surface area contributed by atoms with Gasteiger partial charge in [-0.25, -0.2) is 0 Å². The summed E-state index contributed by atoms with van der Waals surface area (Å²) in [5, 5.41) is 6.17. The first-order chi connectivity index (χ1) is 12.7. The van der Waals surface area contributed by atoms with Crippen LogP contribution < -0.4 is 15.4 Å². The first-order valence-electron chi connectivity index (χ1n) is 9.43. The largest absolute Gasteiger partial charge is 0.494 e. The molecule has 0 saturated carbocycles. The van der Waals surface area contributed by atoms with Crippen LogP contribution in [0.15, 0.2) is 24.3 Å². The third kappa shape index (κ3) is 6.09. The van der Waals surface area contributed by atoms with E-state index in [0.29, 0.717) is 26.2 Å². The van der Waals surface area contributed by atoms with Crippen molar-refractivity contribution >= 4 is 29.9 Å². The maximum atomic E-state index is 12.4. The van der Waals surface area contributed by atoms with Crippen molar-refractivity contribution in [2.24, 2.45) is 0 Å². The van der Waals surface area contributed by atoms with Gasteiger partial charge in [0.05, 0.1) is 19.2 Å². The highest BCUT2D eigenvalue weighted by Crippen LogP contribution is 2.16. The molecule has 1 aromatic rings. The summed E-state index contributed by atoms with van der Waals surface area (Å²) >= 11 is 0. The molecule has 8 heteroatoms. The lowest BCUT2D eigenvalue weighted by Gasteiger charge is -2.35. The summed E-state index contributed by atoms with van der Waals surface area (Å²) in [5.74, 6) is 0.968. The number of rotatable bonds is 6. The zero-order valence-corrected chi connectivity index (χ0v) is 16.6. The summed E-state index contributed by atoms with van der Waals surface area (Å²) in [4.78, 5) is 28.7. The van der Waals surface area contributed by atoms with E-state index in [1.807, 2.05) is 36.1 Å². The summed E-state index contributed by atoms with van der Waals surface area (Å²) in [6.07, 6.45) is 2.01. The molecule has 2 N–H and O–H groups in total. The molecule has 3 rings (SSSR count). The summed E-state index contributed by atoms with van der Waals surface area (Å²) in [5.41, 5.74) is 0.763. The van der Waals surface area contributed by atoms with Crippen LogP contribution in [-0.2, 0) is 9.59 Å². The summed E-state index contributed by atoms with van der Waals surface area (Å²) in [6.45, 7) is 6.67. The number of carbonyl (C=O) groups is 2. The van der Waals surface area contributed by atoms with Gasteiger partial charge in [-0.05, 0) is 50.6 Å². The predicted octanol–water partition coefficient (Wildman–Crippen LogP) is 1.34. The van der Waals surface area contributed by atoms with Crippen LogP contribution in [0.4, 0.5) is 5.69 Å². The van der Waals surface area contributed by atoms with E-state index >= 15 is 0 Å². The molecule has 0 bridgehead atoms. The van der Waals surface area contributed by atoms with Crippen molar-refractivity contribution in [3.63, 3.8) is 0 Å². The number of hydrogen-bond acceptors (Lipinski definition) is 5. The van der Waals surface area contributed by atoms with Crippen LogP contribution in [0.5, 0.6) is 5.75 Å². The monoisotopic (exact) mass is 396 g/mol. The highest BCUT2D eigenvalue weighted by Gasteiger charge is 2.29. The molecule has 2 amide bonds. The van der Waals surface area contributed by atoms with Crippen molar-refractivity contribution in [3.05, 3.63) is 24.3 Å². The minimum atomic E-state index is -0.0357. The quantitative estimate of drug-likeness (QED) is 0.759. The average molecular weight is 397 g/mol. The summed E-state index contributed by atoms with van der Waals surface area (Å²) in [6, 6.07) is 7.37. The van der Waals surface area contributed by atoms with Crippen LogP contribution in [-0.4, -0.2) is 73.5 Å². The zero-order chi connectivity index (χ0) is 18.4. The molecule has 2 fully saturated rings. The second-order valence-electron chi connectivity index (χ2n) is 6.76. The van der Waals surface area contributed by atoms with Gasteiger partial charge >= 0.3 is 0 Å². The number of nitrogens with one attached hydrogen (secondary N) is 2. The lowest BCUT2D eigenvalue weighted by Crippen LogP contribution is -2.54. The Morgan fingerprint density at radius 1 is 1.19 bits per heavy atom. The molecule has 1 atom stereocenters. The van der Waals surface area contributed by atoms with Gasteiger partial charge in [0.2, 0.25) is 11.8 Å². The van der Waals surface area contributed by atoms with E-state index in [0.717, 1.165) is 43.9 Å². The van der Waals surface area contributed by atoms with E-state index in [-0.39, 0.29) is 30.3 Å². The third-order valence-electron chi connectivity index (χ3n) is 4.86. The van der Waals surface area contributed by atoms with Gasteiger partial charge in [0.1, 0.15) is 5.75 Å². The molecule has 2 saturated heterocycles. The number of ether oxygens (including phenoxy) is 1. The number of amides is 2. The van der Waals surface area contributed by atoms with Gasteiger partial charge < -0.3 is 20.3 Å². The Morgan fingerprint density at radius 3 is 2.48 bits per heavy atom. The average Bonchev–Trinajstić information content (AvgIpc) is 3.18. The molecule has 0 spiro atoms. The first-order valence-corrected chi connectivity index (χ1v) is 9.43. The van der Waals surface area contributed by atoms with Gasteiger partial charge in [0.25, 0.3) is 0 Å². The molecule has 1 aromatic carbocycles. The van der Waals surface area contributed by atoms with E-state index < -0.39 is 0 Å². The zero-order valence-electron chi connectivity index (χ0n) is 15.8. The molecular weight excluding hydrogens is 368 g/mol. The lowest BCUT2D eigenvalue weighted by molar-refractivity contribution is -0.135. The second kappa shape index (κ2) is 10.5. The SMILES string of the molecule is CCOc1ccc(NC(=O)CN2CCN(C(=O)C3CCCN3)CC2)cc1.Cl. The van der Waals surface area contributed by atoms with Crippen LogP contribution in [0.2, 0.25) is 0 Å². The fourth-order valence-electron chi connectivity index (χ4n) is 3.45. The normalized spacial score (nSPS) is 20.0. The molecule has 2 aliphatic heterocycles. The number of anilines is 1. The van der Waals surface area contributed by atoms with Gasteiger partial charge in [-0.15, -0.1) is 12.4 Å². The van der Waals surface area contributed by atoms with Crippen molar-refractivity contribution in [2.75, 3.05) is 51.2 Å². The minimum Gasteiger partial charge on any atom is -0.494 e. The number of hydrogen-bond donors (Lipinski definition) is 2. The molecule has 0 radical (unpaired) electrons. The molecule has 1 unspecified atom stereocenters. The Bertz CT molecular complexity index is 612. The lowest BCUT2D eigenvalue weighted by atomic mass is 10.2. The van der Waals surface area contributed by atoms with Crippen LogP contribution in [0.1, 0.15) is 19.8 Å². The van der Waals surface area contributed by atoms with Crippen LogP contribution >= 0.6 is 12.4 Å². The van der Waals surface area contributed by atoms with E-state index in [1.165, 1.54) is 0 Å². The minimum absolute atomic E-state index is 0. The molecule has 7 nitrogen and oxygen atoms in total. The van der Waals surface area contributed by atoms with Gasteiger partial charge in [-0.3, -0.25) is 14.5 Å². The van der Waals surface area contributed by atoms with Gasteiger partial charge in [0.15, 0.2) is 0 Å². The van der Waals surface area contributed by atoms with Crippen LogP contribution in [0.25, 0.3) is 0 Å². The number of nitrogens with zero attached hydrogens (tertiary/aromatic N) is 2. The Kier molecular flexibility index (Phi) is 8.34. The number of piperazine rings is 1. The first kappa shape index (κ1) is 21.5. The topological polar surface area (TPSA) is 73.9 Å². The Morgan fingerprint density at radius 2 is 1.89 bits per heavy atom. The van der Waals surface area contributed by atoms with Crippen molar-refractivity contribution < 1.29 is 14.3 Å². The third-order valence-corrected chi connectivity index (χ3v) is 4.86. The Balaban J connectivity index is 0.00000261. The number of halogens is 1. The molecule has 0 aliphatic carbocycles. The fourth-order valence-corrected chi connectivity index (χ4v) is 3.45. The standard InChI is InChI=1S/C19H28N4O3.ClH/c1-2-26-16-7-5-15(6-8-16)21-18(24)14-22-10-12-23(13-11-22)19(25)17-4-3-9-20-17;/h5-8,17,20H,2-4,9-14H2,1H3,(H,21,24);1H.